The van der Waals surface area contributed by atoms with Gasteiger partial charge in [-0.25, -0.2) is 0 Å². The lowest BCUT2D eigenvalue weighted by Crippen LogP contribution is -2.36. The van der Waals surface area contributed by atoms with E-state index in [4.69, 9.17) is 4.74 Å². The fourth-order valence-electron chi connectivity index (χ4n) is 2.17. The Bertz CT molecular complexity index is 664. The molecule has 0 bridgehead atoms. The Hall–Kier alpha value is -1.87. The number of halogens is 1. The van der Waals surface area contributed by atoms with Crippen molar-refractivity contribution < 1.29 is 4.74 Å². The molecule has 0 atom stereocenters. The fourth-order valence-corrected chi connectivity index (χ4v) is 2.17. The highest BCUT2D eigenvalue weighted by molar-refractivity contribution is 14.0. The van der Waals surface area contributed by atoms with E-state index in [1.54, 1.807) is 13.2 Å². The van der Waals surface area contributed by atoms with Gasteiger partial charge in [0.25, 0.3) is 0 Å². The van der Waals surface area contributed by atoms with Crippen molar-refractivity contribution in [3.05, 3.63) is 59.9 Å². The van der Waals surface area contributed by atoms with Crippen LogP contribution in [0.25, 0.3) is 0 Å². The SMILES string of the molecule is CN=C(NCc1cccc(OCCN(C)C)c1)NCc1ccccn1.I. The molecule has 26 heavy (non-hydrogen) atoms. The van der Waals surface area contributed by atoms with Gasteiger partial charge >= 0.3 is 0 Å². The zero-order chi connectivity index (χ0) is 17.9. The number of hydrogen-bond donors (Lipinski definition) is 2. The summed E-state index contributed by atoms with van der Waals surface area (Å²) in [6.45, 7) is 2.88. The zero-order valence-electron chi connectivity index (χ0n) is 15.6. The number of nitrogens with one attached hydrogen (secondary N) is 2. The van der Waals surface area contributed by atoms with Crippen molar-refractivity contribution in [1.29, 1.82) is 0 Å². The van der Waals surface area contributed by atoms with Gasteiger partial charge in [0.05, 0.1) is 12.2 Å². The molecule has 6 nitrogen and oxygen atoms in total. The summed E-state index contributed by atoms with van der Waals surface area (Å²) in [5.41, 5.74) is 2.12. The summed E-state index contributed by atoms with van der Waals surface area (Å²) in [7, 11) is 5.83. The molecule has 2 rings (SSSR count). The summed E-state index contributed by atoms with van der Waals surface area (Å²) in [5.74, 6) is 1.63. The third-order valence-electron chi connectivity index (χ3n) is 3.55. The molecule has 2 aromatic rings. The van der Waals surface area contributed by atoms with Gasteiger partial charge < -0.3 is 20.3 Å². The highest BCUT2D eigenvalue weighted by atomic mass is 127. The van der Waals surface area contributed by atoms with Gasteiger partial charge in [-0.3, -0.25) is 9.98 Å². The van der Waals surface area contributed by atoms with Crippen LogP contribution in [-0.2, 0) is 13.1 Å². The number of aromatic nitrogens is 1. The van der Waals surface area contributed by atoms with Crippen LogP contribution in [0.15, 0.2) is 53.7 Å². The Kier molecular flexibility index (Phi) is 10.6. The molecule has 0 aliphatic heterocycles. The minimum absolute atomic E-state index is 0. The van der Waals surface area contributed by atoms with Gasteiger partial charge in [0.1, 0.15) is 12.4 Å². The largest absolute Gasteiger partial charge is 0.492 e. The predicted octanol–water partition coefficient (Wildman–Crippen LogP) is 2.51. The molecule has 2 N–H and O–H groups in total. The van der Waals surface area contributed by atoms with E-state index >= 15 is 0 Å². The van der Waals surface area contributed by atoms with E-state index in [0.717, 1.165) is 29.5 Å². The van der Waals surface area contributed by atoms with Gasteiger partial charge in [0, 0.05) is 26.3 Å². The number of likely N-dealkylation sites (N-methyl/N-ethyl adjacent to an activating group) is 1. The van der Waals surface area contributed by atoms with Crippen LogP contribution in [0, 0.1) is 0 Å². The summed E-state index contributed by atoms with van der Waals surface area (Å²) >= 11 is 0. The summed E-state index contributed by atoms with van der Waals surface area (Å²) < 4.78 is 5.77. The average molecular weight is 469 g/mol. The topological polar surface area (TPSA) is 61.8 Å². The number of nitrogens with zero attached hydrogens (tertiary/aromatic N) is 3. The van der Waals surface area contributed by atoms with Crippen molar-refractivity contribution in [2.24, 2.45) is 4.99 Å². The lowest BCUT2D eigenvalue weighted by Gasteiger charge is -2.13. The zero-order valence-corrected chi connectivity index (χ0v) is 17.9. The smallest absolute Gasteiger partial charge is 0.191 e. The molecule has 0 spiro atoms. The number of benzene rings is 1. The molecular formula is C19H28IN5O. The van der Waals surface area contributed by atoms with Crippen LogP contribution in [0.1, 0.15) is 11.3 Å². The minimum Gasteiger partial charge on any atom is -0.492 e. The fraction of sp³-hybridized carbons (Fsp3) is 0.368. The van der Waals surface area contributed by atoms with Crippen LogP contribution >= 0.6 is 24.0 Å². The number of hydrogen-bond acceptors (Lipinski definition) is 4. The molecule has 0 amide bonds. The molecular weight excluding hydrogens is 441 g/mol. The molecule has 0 aliphatic carbocycles. The van der Waals surface area contributed by atoms with Crippen LogP contribution in [0.4, 0.5) is 0 Å². The first-order chi connectivity index (χ1) is 12.2. The maximum absolute atomic E-state index is 5.77. The van der Waals surface area contributed by atoms with Gasteiger partial charge in [0.2, 0.25) is 0 Å². The number of guanidine groups is 1. The Balaban J connectivity index is 0.00000338. The second kappa shape index (κ2) is 12.5. The first-order valence-electron chi connectivity index (χ1n) is 8.38. The first kappa shape index (κ1) is 22.2. The Morgan fingerprint density at radius 2 is 1.92 bits per heavy atom. The van der Waals surface area contributed by atoms with Gasteiger partial charge in [0.15, 0.2) is 5.96 Å². The minimum atomic E-state index is 0. The van der Waals surface area contributed by atoms with Crippen LogP contribution < -0.4 is 15.4 Å². The molecule has 0 saturated heterocycles. The van der Waals surface area contributed by atoms with Gasteiger partial charge in [-0.05, 0) is 43.9 Å². The predicted molar refractivity (Wildman–Crippen MR) is 117 cm³/mol. The van der Waals surface area contributed by atoms with Crippen LogP contribution in [0.2, 0.25) is 0 Å². The van der Waals surface area contributed by atoms with Crippen molar-refractivity contribution in [3.8, 4) is 5.75 Å². The highest BCUT2D eigenvalue weighted by Gasteiger charge is 2.01. The maximum atomic E-state index is 5.77. The van der Waals surface area contributed by atoms with Crippen molar-refractivity contribution in [1.82, 2.24) is 20.5 Å². The van der Waals surface area contributed by atoms with E-state index in [9.17, 15) is 0 Å². The summed E-state index contributed by atoms with van der Waals surface area (Å²) in [6.07, 6.45) is 1.79. The lowest BCUT2D eigenvalue weighted by atomic mass is 10.2. The molecule has 1 aromatic heterocycles. The van der Waals surface area contributed by atoms with E-state index in [1.165, 1.54) is 0 Å². The summed E-state index contributed by atoms with van der Waals surface area (Å²) in [4.78, 5) is 10.6. The molecule has 7 heteroatoms. The van der Waals surface area contributed by atoms with E-state index in [2.05, 4.69) is 37.6 Å². The van der Waals surface area contributed by atoms with E-state index < -0.39 is 0 Å². The monoisotopic (exact) mass is 469 g/mol. The molecule has 1 aromatic carbocycles. The highest BCUT2D eigenvalue weighted by Crippen LogP contribution is 2.13. The van der Waals surface area contributed by atoms with Crippen molar-refractivity contribution in [2.75, 3.05) is 34.3 Å². The quantitative estimate of drug-likeness (QED) is 0.354. The standard InChI is InChI=1S/C19H27N5O.HI/c1-20-19(23-15-17-8-4-5-10-21-17)22-14-16-7-6-9-18(13-16)25-12-11-24(2)3;/h4-10,13H,11-12,14-15H2,1-3H3,(H2,20,22,23);1H. The second-order valence-electron chi connectivity index (χ2n) is 5.90. The Morgan fingerprint density at radius 1 is 1.12 bits per heavy atom. The molecule has 0 saturated carbocycles. The molecule has 0 fully saturated rings. The Morgan fingerprint density at radius 3 is 2.62 bits per heavy atom. The number of ether oxygens (including phenoxy) is 1. The number of pyridine rings is 1. The average Bonchev–Trinajstić information content (AvgIpc) is 2.63. The Labute approximate surface area is 173 Å². The number of rotatable bonds is 8. The van der Waals surface area contributed by atoms with Crippen LogP contribution in [-0.4, -0.2) is 50.1 Å². The van der Waals surface area contributed by atoms with Gasteiger partial charge in [-0.2, -0.15) is 0 Å². The van der Waals surface area contributed by atoms with Crippen molar-refractivity contribution in [2.45, 2.75) is 13.1 Å². The van der Waals surface area contributed by atoms with Crippen molar-refractivity contribution >= 4 is 29.9 Å². The molecule has 0 aliphatic rings. The van der Waals surface area contributed by atoms with Crippen molar-refractivity contribution in [3.63, 3.8) is 0 Å². The number of aliphatic imine (C=N–C) groups is 1. The lowest BCUT2D eigenvalue weighted by molar-refractivity contribution is 0.261. The van der Waals surface area contributed by atoms with Gasteiger partial charge in [-0.1, -0.05) is 18.2 Å². The third-order valence-corrected chi connectivity index (χ3v) is 3.55. The molecule has 142 valence electrons. The van der Waals surface area contributed by atoms with E-state index in [-0.39, 0.29) is 24.0 Å². The molecule has 1 heterocycles. The van der Waals surface area contributed by atoms with Gasteiger partial charge in [-0.15, -0.1) is 24.0 Å². The first-order valence-corrected chi connectivity index (χ1v) is 8.38. The van der Waals surface area contributed by atoms with Crippen LogP contribution in [0.5, 0.6) is 5.75 Å². The normalized spacial score (nSPS) is 11.0. The maximum Gasteiger partial charge on any atom is 0.191 e. The third kappa shape index (κ3) is 8.48. The summed E-state index contributed by atoms with van der Waals surface area (Å²) in [6, 6.07) is 14.0. The molecule has 0 radical (unpaired) electrons. The van der Waals surface area contributed by atoms with E-state index in [1.807, 2.05) is 44.4 Å². The summed E-state index contributed by atoms with van der Waals surface area (Å²) in [5, 5.41) is 6.56. The molecule has 0 unspecified atom stereocenters. The van der Waals surface area contributed by atoms with E-state index in [0.29, 0.717) is 19.7 Å². The second-order valence-corrected chi connectivity index (χ2v) is 5.90. The van der Waals surface area contributed by atoms with Crippen LogP contribution in [0.3, 0.4) is 0 Å².